The number of Topliss-reactive ketones (excluding diaryl/α,β-unsaturated/α-hetero) is 1. The van der Waals surface area contributed by atoms with Gasteiger partial charge in [0, 0.05) is 21.6 Å². The number of carbonyl (C=O) groups is 1. The largest absolute Gasteiger partial charge is 0.507 e. The Morgan fingerprint density at radius 2 is 1.46 bits per heavy atom. The first-order chi connectivity index (χ1) is 12.0. The maximum atomic E-state index is 12.7. The zero-order valence-corrected chi connectivity index (χ0v) is 17.1. The number of benzene rings is 2. The fourth-order valence-electron chi connectivity index (χ4n) is 3.17. The molecule has 2 aromatic carbocycles. The molecule has 0 aliphatic carbocycles. The van der Waals surface area contributed by atoms with Gasteiger partial charge in [-0.15, -0.1) is 0 Å². The highest BCUT2D eigenvalue weighted by Crippen LogP contribution is 2.43. The van der Waals surface area contributed by atoms with E-state index < -0.39 is 0 Å². The maximum Gasteiger partial charge on any atom is 0.200 e. The Labute approximate surface area is 160 Å². The summed E-state index contributed by atoms with van der Waals surface area (Å²) in [7, 11) is 0. The quantitative estimate of drug-likeness (QED) is 0.600. The van der Waals surface area contributed by atoms with Gasteiger partial charge in [0.25, 0.3) is 0 Å². The summed E-state index contributed by atoms with van der Waals surface area (Å²) < 4.78 is 0. The molecule has 0 atom stereocenters. The van der Waals surface area contributed by atoms with Crippen LogP contribution in [0.2, 0.25) is 0 Å². The predicted molar refractivity (Wildman–Crippen MR) is 110 cm³/mol. The van der Waals surface area contributed by atoms with E-state index in [2.05, 4.69) is 41.5 Å². The monoisotopic (exact) mass is 366 g/mol. The molecule has 1 N–H and O–H groups in total. The summed E-state index contributed by atoms with van der Waals surface area (Å²) in [6.45, 7) is 12.6. The standard InChI is InChI=1S/C23H26O2S/c1-22(2,3)16-11-14(12-17(21(16)25)23(4,5)6)13-19-20(24)15-9-7-8-10-18(15)26-19/h7-13,25H,1-6H3/b19-13-. The minimum Gasteiger partial charge on any atom is -0.507 e. The number of hydrogen-bond acceptors (Lipinski definition) is 3. The molecule has 0 bridgehead atoms. The molecule has 1 heterocycles. The van der Waals surface area contributed by atoms with Gasteiger partial charge in [0.05, 0.1) is 4.91 Å². The van der Waals surface area contributed by atoms with Crippen LogP contribution >= 0.6 is 11.8 Å². The van der Waals surface area contributed by atoms with Gasteiger partial charge in [0.15, 0.2) is 0 Å². The Morgan fingerprint density at radius 1 is 0.923 bits per heavy atom. The molecule has 0 spiro atoms. The lowest BCUT2D eigenvalue weighted by Crippen LogP contribution is -2.17. The van der Waals surface area contributed by atoms with Gasteiger partial charge >= 0.3 is 0 Å². The van der Waals surface area contributed by atoms with Crippen LogP contribution in [0.1, 0.15) is 68.6 Å². The molecule has 1 aliphatic heterocycles. The van der Waals surface area contributed by atoms with Crippen LogP contribution < -0.4 is 0 Å². The van der Waals surface area contributed by atoms with E-state index in [1.807, 2.05) is 42.5 Å². The molecule has 136 valence electrons. The van der Waals surface area contributed by atoms with Crippen molar-refractivity contribution in [1.29, 1.82) is 0 Å². The number of aromatic hydroxyl groups is 1. The van der Waals surface area contributed by atoms with Crippen molar-refractivity contribution >= 4 is 23.6 Å². The van der Waals surface area contributed by atoms with E-state index in [0.29, 0.717) is 5.75 Å². The highest BCUT2D eigenvalue weighted by Gasteiger charge is 2.28. The molecule has 0 aromatic heterocycles. The van der Waals surface area contributed by atoms with E-state index >= 15 is 0 Å². The number of carbonyl (C=O) groups excluding carboxylic acids is 1. The molecule has 0 radical (unpaired) electrons. The van der Waals surface area contributed by atoms with E-state index in [0.717, 1.165) is 32.1 Å². The number of phenolic OH excluding ortho intramolecular Hbond substituents is 1. The van der Waals surface area contributed by atoms with Crippen molar-refractivity contribution in [2.75, 3.05) is 0 Å². The van der Waals surface area contributed by atoms with Crippen molar-refractivity contribution in [2.45, 2.75) is 57.3 Å². The molecule has 1 aliphatic rings. The second-order valence-corrected chi connectivity index (χ2v) is 9.98. The molecule has 0 amide bonds. The lowest BCUT2D eigenvalue weighted by Gasteiger charge is -2.28. The van der Waals surface area contributed by atoms with Gasteiger partial charge in [-0.1, -0.05) is 65.4 Å². The number of fused-ring (bicyclic) bond motifs is 1. The Kier molecular flexibility index (Phi) is 4.56. The molecule has 0 saturated carbocycles. The van der Waals surface area contributed by atoms with Crippen molar-refractivity contribution in [3.8, 4) is 5.75 Å². The highest BCUT2D eigenvalue weighted by atomic mass is 32.2. The smallest absolute Gasteiger partial charge is 0.200 e. The molecule has 3 rings (SSSR count). The van der Waals surface area contributed by atoms with E-state index in [9.17, 15) is 9.90 Å². The third kappa shape index (κ3) is 3.45. The zero-order chi connectivity index (χ0) is 19.3. The van der Waals surface area contributed by atoms with Crippen LogP contribution in [0.4, 0.5) is 0 Å². The van der Waals surface area contributed by atoms with Crippen LogP contribution in [0.25, 0.3) is 6.08 Å². The third-order valence-corrected chi connectivity index (χ3v) is 5.72. The van der Waals surface area contributed by atoms with E-state index in [-0.39, 0.29) is 16.6 Å². The number of ketones is 1. The molecule has 2 aromatic rings. The minimum atomic E-state index is -0.186. The van der Waals surface area contributed by atoms with Crippen molar-refractivity contribution in [2.24, 2.45) is 0 Å². The topological polar surface area (TPSA) is 37.3 Å². The van der Waals surface area contributed by atoms with Crippen LogP contribution in [-0.4, -0.2) is 10.9 Å². The van der Waals surface area contributed by atoms with Crippen LogP contribution in [0.5, 0.6) is 5.75 Å². The van der Waals surface area contributed by atoms with Gasteiger partial charge in [-0.25, -0.2) is 0 Å². The first-order valence-corrected chi connectivity index (χ1v) is 9.71. The van der Waals surface area contributed by atoms with Crippen LogP contribution in [0, 0.1) is 0 Å². The normalized spacial score (nSPS) is 16.2. The summed E-state index contributed by atoms with van der Waals surface area (Å²) in [5, 5.41) is 10.8. The summed E-state index contributed by atoms with van der Waals surface area (Å²) in [6.07, 6.45) is 1.96. The summed E-state index contributed by atoms with van der Waals surface area (Å²) in [5.41, 5.74) is 3.17. The van der Waals surface area contributed by atoms with Gasteiger partial charge < -0.3 is 5.11 Å². The van der Waals surface area contributed by atoms with Crippen LogP contribution in [0.15, 0.2) is 46.2 Å². The van der Waals surface area contributed by atoms with Crippen molar-refractivity contribution < 1.29 is 9.90 Å². The van der Waals surface area contributed by atoms with Gasteiger partial charge in [-0.3, -0.25) is 4.79 Å². The van der Waals surface area contributed by atoms with E-state index in [1.54, 1.807) is 0 Å². The second-order valence-electron chi connectivity index (χ2n) is 8.90. The summed E-state index contributed by atoms with van der Waals surface area (Å²) in [6, 6.07) is 11.7. The average Bonchev–Trinajstić information content (AvgIpc) is 2.83. The second kappa shape index (κ2) is 6.31. The Bertz CT molecular complexity index is 874. The third-order valence-electron chi connectivity index (χ3n) is 4.62. The number of thioether (sulfide) groups is 1. The van der Waals surface area contributed by atoms with Gasteiger partial charge in [-0.05, 0) is 46.7 Å². The van der Waals surface area contributed by atoms with Crippen LogP contribution in [-0.2, 0) is 10.8 Å². The number of hydrogen-bond donors (Lipinski definition) is 1. The summed E-state index contributed by atoms with van der Waals surface area (Å²) >= 11 is 1.52. The molecular formula is C23H26O2S. The number of rotatable bonds is 1. The maximum absolute atomic E-state index is 12.7. The number of allylic oxidation sites excluding steroid dienone is 1. The minimum absolute atomic E-state index is 0.0771. The summed E-state index contributed by atoms with van der Waals surface area (Å²) in [4.78, 5) is 14.4. The highest BCUT2D eigenvalue weighted by molar-refractivity contribution is 8.04. The zero-order valence-electron chi connectivity index (χ0n) is 16.3. The molecule has 0 fully saturated rings. The summed E-state index contributed by atoms with van der Waals surface area (Å²) in [5.74, 6) is 0.439. The Balaban J connectivity index is 2.14. The fourth-order valence-corrected chi connectivity index (χ4v) is 4.22. The molecule has 0 unspecified atom stereocenters. The first-order valence-electron chi connectivity index (χ1n) is 8.90. The van der Waals surface area contributed by atoms with Gasteiger partial charge in [0.1, 0.15) is 5.75 Å². The Morgan fingerprint density at radius 3 is 1.96 bits per heavy atom. The van der Waals surface area contributed by atoms with Crippen LogP contribution in [0.3, 0.4) is 0 Å². The predicted octanol–water partition coefficient (Wildman–Crippen LogP) is 6.32. The molecule has 2 nitrogen and oxygen atoms in total. The molecule has 0 saturated heterocycles. The van der Waals surface area contributed by atoms with Gasteiger partial charge in [0.2, 0.25) is 5.78 Å². The lowest BCUT2D eigenvalue weighted by atomic mass is 9.78. The van der Waals surface area contributed by atoms with Crippen molar-refractivity contribution in [1.82, 2.24) is 0 Å². The molecule has 3 heteroatoms. The molecular weight excluding hydrogens is 340 g/mol. The van der Waals surface area contributed by atoms with E-state index in [1.165, 1.54) is 11.8 Å². The SMILES string of the molecule is CC(C)(C)c1cc(/C=C2\Sc3ccccc3C2=O)cc(C(C)(C)C)c1O. The lowest BCUT2D eigenvalue weighted by molar-refractivity contribution is 0.104. The Hall–Kier alpha value is -2.00. The van der Waals surface area contributed by atoms with E-state index in [4.69, 9.17) is 0 Å². The van der Waals surface area contributed by atoms with Gasteiger partial charge in [-0.2, -0.15) is 0 Å². The average molecular weight is 367 g/mol. The molecule has 26 heavy (non-hydrogen) atoms. The van der Waals surface area contributed by atoms with Crippen molar-refractivity contribution in [3.63, 3.8) is 0 Å². The first kappa shape index (κ1) is 18.8. The number of phenols is 1. The fraction of sp³-hybridized carbons (Fsp3) is 0.348. The van der Waals surface area contributed by atoms with Crippen molar-refractivity contribution in [3.05, 3.63) is 63.6 Å².